The monoisotopic (exact) mass is 360 g/mol. The molecule has 2 saturated heterocycles. The van der Waals surface area contributed by atoms with Crippen molar-refractivity contribution in [1.82, 2.24) is 0 Å². The van der Waals surface area contributed by atoms with Crippen LogP contribution in [0, 0.1) is 10.8 Å². The predicted molar refractivity (Wildman–Crippen MR) is 81.8 cm³/mol. The van der Waals surface area contributed by atoms with Gasteiger partial charge in [-0.05, 0) is 36.1 Å². The molecule has 5 rings (SSSR count). The molecule has 2 heterocycles. The minimum Gasteiger partial charge on any atom is -0.376 e. The molecule has 1 saturated carbocycles. The second kappa shape index (κ2) is 4.12. The molecule has 0 amide bonds. The molecule has 0 aromatic rings. The SMILES string of the molecule is CC1=C2COC[C@]23C(=O)[C@](O)(C1=O)[C@@]12COCC1=C(C)C(=O)[C@]3(O)C2=O. The summed E-state index contributed by atoms with van der Waals surface area (Å²) in [7, 11) is 0. The molecule has 8 nitrogen and oxygen atoms in total. The maximum atomic E-state index is 13.5. The highest BCUT2D eigenvalue weighted by Crippen LogP contribution is 2.66. The molecule has 0 aromatic carbocycles. The average Bonchev–Trinajstić information content (AvgIpc) is 3.26. The number of carbonyl (C=O) groups excluding carboxylic acids is 4. The van der Waals surface area contributed by atoms with Gasteiger partial charge in [-0.2, -0.15) is 0 Å². The van der Waals surface area contributed by atoms with E-state index in [1.54, 1.807) is 0 Å². The van der Waals surface area contributed by atoms with Gasteiger partial charge in [0.2, 0.25) is 11.2 Å². The summed E-state index contributed by atoms with van der Waals surface area (Å²) in [5, 5.41) is 22.9. The van der Waals surface area contributed by atoms with Crippen LogP contribution in [0.4, 0.5) is 0 Å². The van der Waals surface area contributed by atoms with Gasteiger partial charge in [-0.1, -0.05) is 0 Å². The van der Waals surface area contributed by atoms with Crippen molar-refractivity contribution in [3.05, 3.63) is 22.3 Å². The third kappa shape index (κ3) is 1.10. The first kappa shape index (κ1) is 16.2. The zero-order valence-electron chi connectivity index (χ0n) is 14.2. The molecule has 2 spiro atoms. The Kier molecular flexibility index (Phi) is 2.56. The van der Waals surface area contributed by atoms with Crippen molar-refractivity contribution in [3.8, 4) is 0 Å². The molecule has 4 bridgehead atoms. The summed E-state index contributed by atoms with van der Waals surface area (Å²) in [5.74, 6) is -3.86. The van der Waals surface area contributed by atoms with Crippen molar-refractivity contribution in [2.24, 2.45) is 10.8 Å². The first-order valence-electron chi connectivity index (χ1n) is 8.33. The molecule has 136 valence electrons. The number of carbonyl (C=O) groups is 4. The maximum absolute atomic E-state index is 13.5. The first-order valence-corrected chi connectivity index (χ1v) is 8.33. The van der Waals surface area contributed by atoms with Crippen molar-refractivity contribution in [3.63, 3.8) is 0 Å². The summed E-state index contributed by atoms with van der Waals surface area (Å²) < 4.78 is 10.7. The fourth-order valence-corrected chi connectivity index (χ4v) is 5.68. The van der Waals surface area contributed by atoms with E-state index in [0.29, 0.717) is 0 Å². The van der Waals surface area contributed by atoms with E-state index >= 15 is 0 Å². The van der Waals surface area contributed by atoms with E-state index in [2.05, 4.69) is 0 Å². The standard InChI is InChI=1S/C18H16O8/c1-7-9-3-25-5-15(9)13(21)17(23,11(7)19)16-6-26-4-10(16)8(2)12(20)18(15,24)14(16)22/h23-24H,3-6H2,1-2H3/t15-,16+,17-,18+. The molecule has 4 atom stereocenters. The van der Waals surface area contributed by atoms with E-state index in [4.69, 9.17) is 9.47 Å². The van der Waals surface area contributed by atoms with Crippen LogP contribution in [0.3, 0.4) is 0 Å². The number of rotatable bonds is 0. The fourth-order valence-electron chi connectivity index (χ4n) is 5.68. The van der Waals surface area contributed by atoms with Crippen LogP contribution in [0.25, 0.3) is 0 Å². The number of fused-ring (bicyclic) bond motifs is 2. The molecule has 2 N–H and O–H groups in total. The number of hydrogen-bond acceptors (Lipinski definition) is 8. The lowest BCUT2D eigenvalue weighted by Gasteiger charge is -2.60. The van der Waals surface area contributed by atoms with Gasteiger partial charge in [-0.25, -0.2) is 0 Å². The minimum atomic E-state index is -2.72. The number of aliphatic hydroxyl groups is 2. The lowest BCUT2D eigenvalue weighted by molar-refractivity contribution is -0.209. The molecule has 3 fully saturated rings. The largest absolute Gasteiger partial charge is 0.376 e. The summed E-state index contributed by atoms with van der Waals surface area (Å²) in [6.45, 7) is 1.62. The number of ether oxygens (including phenoxy) is 2. The van der Waals surface area contributed by atoms with Gasteiger partial charge in [0.05, 0.1) is 26.4 Å². The first-order chi connectivity index (χ1) is 12.1. The average molecular weight is 360 g/mol. The Bertz CT molecular complexity index is 865. The summed E-state index contributed by atoms with van der Waals surface area (Å²) in [6.07, 6.45) is 0. The van der Waals surface area contributed by atoms with Gasteiger partial charge in [0.15, 0.2) is 23.1 Å². The molecule has 0 radical (unpaired) electrons. The Morgan fingerprint density at radius 1 is 0.731 bits per heavy atom. The van der Waals surface area contributed by atoms with Crippen LogP contribution in [0.15, 0.2) is 22.3 Å². The third-order valence-electron chi connectivity index (χ3n) is 7.07. The smallest absolute Gasteiger partial charge is 0.205 e. The fraction of sp³-hybridized carbons (Fsp3) is 0.556. The Hall–Kier alpha value is -2.00. The predicted octanol–water partition coefficient (Wildman–Crippen LogP) is -1.57. The van der Waals surface area contributed by atoms with Gasteiger partial charge in [-0.15, -0.1) is 0 Å². The van der Waals surface area contributed by atoms with E-state index in [9.17, 15) is 29.4 Å². The van der Waals surface area contributed by atoms with Crippen molar-refractivity contribution in [2.45, 2.75) is 25.0 Å². The lowest BCUT2D eigenvalue weighted by Crippen LogP contribution is -2.85. The van der Waals surface area contributed by atoms with E-state index in [0.717, 1.165) is 0 Å². The van der Waals surface area contributed by atoms with Crippen molar-refractivity contribution >= 4 is 23.1 Å². The van der Waals surface area contributed by atoms with E-state index in [1.165, 1.54) is 13.8 Å². The summed E-state index contributed by atoms with van der Waals surface area (Å²) >= 11 is 0. The number of Topliss-reactive ketones (excluding diaryl/α,β-unsaturated/α-hetero) is 4. The Labute approximate surface area is 147 Å². The second-order valence-corrected chi connectivity index (χ2v) is 7.74. The second-order valence-electron chi connectivity index (χ2n) is 7.74. The molecular weight excluding hydrogens is 344 g/mol. The lowest BCUT2D eigenvalue weighted by atomic mass is 9.38. The van der Waals surface area contributed by atoms with Crippen LogP contribution in [-0.4, -0.2) is 71.0 Å². The quantitative estimate of drug-likeness (QED) is 0.496. The molecular formula is C18H16O8. The molecule has 0 aromatic heterocycles. The van der Waals surface area contributed by atoms with Crippen LogP contribution >= 0.6 is 0 Å². The highest BCUT2D eigenvalue weighted by atomic mass is 16.5. The summed E-state index contributed by atoms with van der Waals surface area (Å²) in [6, 6.07) is 0. The van der Waals surface area contributed by atoms with Crippen molar-refractivity contribution in [2.75, 3.05) is 26.4 Å². The molecule has 3 aliphatic carbocycles. The van der Waals surface area contributed by atoms with E-state index < -0.39 is 58.4 Å². The van der Waals surface area contributed by atoms with Crippen LogP contribution in [0.1, 0.15) is 13.8 Å². The highest BCUT2D eigenvalue weighted by molar-refractivity contribution is 6.38. The van der Waals surface area contributed by atoms with Gasteiger partial charge in [0.25, 0.3) is 0 Å². The Balaban J connectivity index is 2.03. The van der Waals surface area contributed by atoms with Gasteiger partial charge in [0, 0.05) is 0 Å². The minimum absolute atomic E-state index is 0.0495. The zero-order chi connectivity index (χ0) is 18.9. The van der Waals surface area contributed by atoms with Gasteiger partial charge in [-0.3, -0.25) is 19.2 Å². The van der Waals surface area contributed by atoms with Crippen LogP contribution < -0.4 is 0 Å². The molecule has 26 heavy (non-hydrogen) atoms. The van der Waals surface area contributed by atoms with Crippen molar-refractivity contribution < 1.29 is 38.9 Å². The Morgan fingerprint density at radius 2 is 1.08 bits per heavy atom. The summed E-state index contributed by atoms with van der Waals surface area (Å²) in [4.78, 5) is 53.2. The van der Waals surface area contributed by atoms with Crippen LogP contribution in [-0.2, 0) is 28.7 Å². The van der Waals surface area contributed by atoms with Gasteiger partial charge >= 0.3 is 0 Å². The molecule has 2 aliphatic heterocycles. The molecule has 0 unspecified atom stereocenters. The van der Waals surface area contributed by atoms with E-state index in [1.807, 2.05) is 0 Å². The van der Waals surface area contributed by atoms with Gasteiger partial charge in [0.1, 0.15) is 10.8 Å². The zero-order valence-corrected chi connectivity index (χ0v) is 14.2. The van der Waals surface area contributed by atoms with Crippen LogP contribution in [0.2, 0.25) is 0 Å². The molecule has 5 aliphatic rings. The normalized spacial score (nSPS) is 46.9. The third-order valence-corrected chi connectivity index (χ3v) is 7.07. The topological polar surface area (TPSA) is 127 Å². The van der Waals surface area contributed by atoms with Crippen molar-refractivity contribution in [1.29, 1.82) is 0 Å². The summed E-state index contributed by atoms with van der Waals surface area (Å²) in [5.41, 5.74) is -9.28. The van der Waals surface area contributed by atoms with Crippen LogP contribution in [0.5, 0.6) is 0 Å². The highest BCUT2D eigenvalue weighted by Gasteiger charge is 2.88. The number of ketones is 4. The maximum Gasteiger partial charge on any atom is 0.205 e. The van der Waals surface area contributed by atoms with E-state index in [-0.39, 0.29) is 35.5 Å². The number of hydrogen-bond donors (Lipinski definition) is 2. The Morgan fingerprint density at radius 3 is 1.42 bits per heavy atom. The molecule has 8 heteroatoms. The van der Waals surface area contributed by atoms with Gasteiger partial charge < -0.3 is 19.7 Å².